The molecule has 10 amide bonds. The maximum atomic E-state index is 14.2. The van der Waals surface area contributed by atoms with Gasteiger partial charge in [-0.2, -0.15) is 42.8 Å². The van der Waals surface area contributed by atoms with Crippen molar-refractivity contribution in [3.05, 3.63) is 97.2 Å². The molecule has 0 rings (SSSR count). The number of hydrogen-bond donors (Lipinski definition) is 16. The van der Waals surface area contributed by atoms with Crippen molar-refractivity contribution in [2.24, 2.45) is 36.9 Å². The molecule has 0 saturated heterocycles. The number of allylic oxidation sites excluding steroid dienone is 16. The fourth-order valence-electron chi connectivity index (χ4n) is 13.7. The first-order valence-electron chi connectivity index (χ1n) is 52.6. The average molecular weight is 1950 g/mol. The van der Waals surface area contributed by atoms with E-state index in [1.807, 2.05) is 0 Å². The van der Waals surface area contributed by atoms with Crippen LogP contribution in [0.1, 0.15) is 374 Å². The molecule has 0 aliphatic carbocycles. The van der Waals surface area contributed by atoms with Gasteiger partial charge in [-0.1, -0.05) is 253 Å². The van der Waals surface area contributed by atoms with Gasteiger partial charge in [0.15, 0.2) is 32.4 Å². The summed E-state index contributed by atoms with van der Waals surface area (Å²) < 4.78 is 0. The van der Waals surface area contributed by atoms with E-state index in [9.17, 15) is 47.9 Å². The topological polar surface area (TPSA) is 490 Å². The van der Waals surface area contributed by atoms with Gasteiger partial charge in [0.25, 0.3) is 0 Å². The van der Waals surface area contributed by atoms with Crippen LogP contribution in [-0.4, -0.2) is 187 Å². The summed E-state index contributed by atoms with van der Waals surface area (Å²) in [6.07, 6.45) is 93.9. The van der Waals surface area contributed by atoms with Crippen molar-refractivity contribution in [1.82, 2.24) is 75.5 Å². The Morgan fingerprint density at radius 3 is 0.727 bits per heavy atom. The predicted octanol–water partition coefficient (Wildman–Crippen LogP) is 15.2. The monoisotopic (exact) mass is 1950 g/mol. The molecule has 0 heterocycles. The molecule has 0 unspecified atom stereocenters. The quantitative estimate of drug-likeness (QED) is 0.00884. The van der Waals surface area contributed by atoms with Crippen LogP contribution in [0.25, 0.3) is 0 Å². The van der Waals surface area contributed by atoms with E-state index in [0.717, 1.165) is 218 Å². The predicted molar refractivity (Wildman–Crippen MR) is 563 cm³/mol. The Labute approximate surface area is 833 Å². The summed E-state index contributed by atoms with van der Waals surface area (Å²) in [5.41, 5.74) is 21.3. The summed E-state index contributed by atoms with van der Waals surface area (Å²) in [6, 6.07) is -4.28. The van der Waals surface area contributed by atoms with Gasteiger partial charge in [0.05, 0.1) is 0 Å². The van der Waals surface area contributed by atoms with Crippen molar-refractivity contribution in [2.75, 3.05) is 78.8 Å². The molecule has 0 saturated carbocycles. The van der Waals surface area contributed by atoms with Crippen molar-refractivity contribution < 1.29 is 67.3 Å². The van der Waals surface area contributed by atoms with E-state index < -0.39 is 103 Å². The zero-order valence-electron chi connectivity index (χ0n) is 85.6. The van der Waals surface area contributed by atoms with Crippen molar-refractivity contribution in [3.8, 4) is 0 Å². The highest BCUT2D eigenvalue weighted by atomic mass is 16.7. The number of rotatable bonds is 99. The Morgan fingerprint density at radius 2 is 0.468 bits per heavy atom. The van der Waals surface area contributed by atoms with Crippen LogP contribution in [0.15, 0.2) is 123 Å². The molecular formula is C104H185N21O14. The Hall–Kier alpha value is -10.4. The van der Waals surface area contributed by atoms with E-state index in [2.05, 4.69) is 226 Å². The number of guanidine groups is 1. The fourth-order valence-corrected chi connectivity index (χ4v) is 13.7. The van der Waals surface area contributed by atoms with Gasteiger partial charge in [0.2, 0.25) is 59.1 Å². The molecule has 790 valence electrons. The van der Waals surface area contributed by atoms with Crippen molar-refractivity contribution in [2.45, 2.75) is 393 Å². The van der Waals surface area contributed by atoms with Crippen LogP contribution in [-0.2, 0) is 67.3 Å². The van der Waals surface area contributed by atoms with E-state index in [-0.39, 0.29) is 97.7 Å². The van der Waals surface area contributed by atoms with Crippen LogP contribution in [0, 0.1) is 0 Å². The van der Waals surface area contributed by atoms with Crippen LogP contribution in [0.2, 0.25) is 0 Å². The highest BCUT2D eigenvalue weighted by Crippen LogP contribution is 2.15. The smallest absolute Gasteiger partial charge is 0.248 e. The zero-order chi connectivity index (χ0) is 101. The molecule has 0 bridgehead atoms. The molecule has 139 heavy (non-hydrogen) atoms. The van der Waals surface area contributed by atoms with E-state index in [1.165, 1.54) is 89.9 Å². The summed E-state index contributed by atoms with van der Waals surface area (Å²) in [7, 11) is 0. The summed E-state index contributed by atoms with van der Waals surface area (Å²) in [5, 5.41) is 42.5. The number of carbonyl (C=O) groups excluding carboxylic acids is 10. The van der Waals surface area contributed by atoms with E-state index >= 15 is 0 Å². The van der Waals surface area contributed by atoms with Crippen molar-refractivity contribution in [3.63, 3.8) is 0 Å². The lowest BCUT2D eigenvalue weighted by atomic mass is 10.1. The molecule has 0 radical (unpaired) electrons. The lowest BCUT2D eigenvalue weighted by molar-refractivity contribution is -0.131. The molecule has 0 fully saturated rings. The molecule has 0 aliphatic heterocycles. The second kappa shape index (κ2) is 103. The summed E-state index contributed by atoms with van der Waals surface area (Å²) in [4.78, 5) is 158. The van der Waals surface area contributed by atoms with Gasteiger partial charge in [-0.05, 0) is 199 Å². The van der Waals surface area contributed by atoms with Crippen LogP contribution in [0.5, 0.6) is 0 Å². The molecule has 18 N–H and O–H groups in total. The third kappa shape index (κ3) is 96.3. The molecule has 0 aliphatic rings. The molecular weight excluding hydrogens is 1770 g/mol. The maximum absolute atomic E-state index is 14.2. The molecule has 3 atom stereocenters. The normalized spacial score (nSPS) is 12.5. The van der Waals surface area contributed by atoms with Gasteiger partial charge in [-0.3, -0.25) is 47.9 Å². The number of nitrogens with two attached hydrogens (primary N) is 2. The highest BCUT2D eigenvalue weighted by molar-refractivity contribution is 5.93. The minimum absolute atomic E-state index is 0.00478. The van der Waals surface area contributed by atoms with Gasteiger partial charge in [-0.25, -0.2) is 24.3 Å². The lowest BCUT2D eigenvalue weighted by Crippen LogP contribution is -2.51. The van der Waals surface area contributed by atoms with Gasteiger partial charge >= 0.3 is 0 Å². The van der Waals surface area contributed by atoms with Gasteiger partial charge in [0, 0.05) is 96.5 Å². The molecule has 0 spiro atoms. The number of amides is 10. The zero-order valence-corrected chi connectivity index (χ0v) is 85.6. The SMILES string of the molecule is CCCCC/C=C\C/C=C\CCCCCCC/C=N/NOCC(=O)NCCNC(=O)CC[C@H](NC(=O)CC[C@H](N=C(N)N)C(=O)N[C@@H](CCC(=O)NCCNC(=O)CON/N=C/CCCCCCC/C=C\C/C=C\CCCCC)C(=O)NCCNC(=O)CON/N=C/CCCCCCC/C=C\C/C=C\CCCCC)C(=O)NCCNC(=O)CON/N=C/CCCCCCC/C=C\C/C=C\CCCCC. The van der Waals surface area contributed by atoms with Gasteiger partial charge in [0.1, 0.15) is 18.1 Å². The first kappa shape index (κ1) is 129. The van der Waals surface area contributed by atoms with E-state index in [0.29, 0.717) is 0 Å². The Bertz CT molecular complexity index is 3490. The summed E-state index contributed by atoms with van der Waals surface area (Å²) in [5.74, 6) is -6.81. The Kier molecular flexibility index (Phi) is 95.7. The number of unbranched alkanes of at least 4 members (excludes halogenated alkanes) is 36. The fraction of sp³-hybridized carbons (Fsp3) is 0.702. The van der Waals surface area contributed by atoms with Gasteiger partial charge < -0.3 is 64.6 Å². The van der Waals surface area contributed by atoms with Crippen LogP contribution in [0.4, 0.5) is 0 Å². The Morgan fingerprint density at radius 1 is 0.245 bits per heavy atom. The van der Waals surface area contributed by atoms with Crippen LogP contribution >= 0.6 is 0 Å². The largest absolute Gasteiger partial charge is 0.370 e. The van der Waals surface area contributed by atoms with Crippen LogP contribution in [0.3, 0.4) is 0 Å². The average Bonchev–Trinajstić information content (AvgIpc) is 0.880. The first-order valence-corrected chi connectivity index (χ1v) is 52.6. The van der Waals surface area contributed by atoms with Crippen molar-refractivity contribution in [1.29, 1.82) is 0 Å². The van der Waals surface area contributed by atoms with E-state index in [4.69, 9.17) is 30.8 Å². The highest BCUT2D eigenvalue weighted by Gasteiger charge is 2.29. The number of nitrogens with one attached hydrogen (secondary N) is 14. The Balaban J connectivity index is 5.90. The molecule has 0 aromatic carbocycles. The second-order valence-electron chi connectivity index (χ2n) is 34.4. The minimum atomic E-state index is -1.52. The van der Waals surface area contributed by atoms with Crippen molar-refractivity contribution >= 4 is 89.9 Å². The summed E-state index contributed by atoms with van der Waals surface area (Å²) >= 11 is 0. The third-order valence-corrected chi connectivity index (χ3v) is 21.7. The number of carbonyl (C=O) groups is 10. The molecule has 0 aromatic heterocycles. The number of aliphatic imine (C=N–C) groups is 1. The van der Waals surface area contributed by atoms with Crippen LogP contribution < -0.4 is 87.0 Å². The number of nitrogens with zero attached hydrogens (tertiary/aromatic N) is 5. The van der Waals surface area contributed by atoms with Gasteiger partial charge in [-0.15, -0.1) is 0 Å². The third-order valence-electron chi connectivity index (χ3n) is 21.7. The number of hydrazone groups is 4. The standard InChI is InChI=1S/C104H185N21O14/c1-5-9-13-17-21-25-29-33-37-41-45-49-53-57-61-65-75-115-122-136-87-97(129)109-81-79-107-94(126)72-69-91(101(133)113-85-83-111-99(131)89-138-124-117-77-67-63-59-55-51-47-43-39-35-31-27-23-19-15-11-7-3)119-96(128)74-71-93(121-104(105)106)103(135)120-92(102(134)114-86-84-112-100(132)90-139-125-118-78-68-64-60-56-52-48-44-40-36-32-28-24-20-16-12-8-4)70-73-95(127)108-80-82-110-98(130)88-137-123-116-76-66-62-58-54-50-46-42-38-34-30-26-22-18-14-10-6-2/h21-28,33-40,75-78,91-93,122-125H,5-20,29-32,41-74,79-90H2,1-4H3,(H,107,126)(H,108,127)(H,109,129)(H,110,130)(H,111,131)(H,112,132)(H,113,133)(H,114,134)(H,119,128)(H,120,135)(H4,105,106,121)/b25-21-,26-22-,27-23-,28-24-,37-33-,38-34-,39-35-,40-36-,115-75+,116-76+,117-77+,118-78+/t91-,92-,93-/m0/s1. The number of hydrogen-bond acceptors (Lipinski definition) is 23. The molecule has 35 nitrogen and oxygen atoms in total. The van der Waals surface area contributed by atoms with E-state index in [1.54, 1.807) is 24.9 Å². The minimum Gasteiger partial charge on any atom is -0.370 e. The lowest BCUT2D eigenvalue weighted by Gasteiger charge is -2.22. The summed E-state index contributed by atoms with van der Waals surface area (Å²) in [6.45, 7) is 7.04. The second-order valence-corrected chi connectivity index (χ2v) is 34.4. The maximum Gasteiger partial charge on any atom is 0.248 e. The molecule has 0 aromatic rings. The molecule has 35 heteroatoms. The first-order chi connectivity index (χ1) is 68.1.